The number of carbonyl (C=O) groups excluding carboxylic acids is 1. The number of ether oxygens (including phenoxy) is 2. The van der Waals surface area contributed by atoms with E-state index in [-0.39, 0.29) is 6.10 Å². The maximum Gasteiger partial charge on any atom is 0.264 e. The first kappa shape index (κ1) is 30.2. The number of nitrogens with one attached hydrogen (secondary N) is 1. The van der Waals surface area contributed by atoms with Gasteiger partial charge in [-0.15, -0.1) is 0 Å². The molecule has 1 N–H and O–H groups in total. The van der Waals surface area contributed by atoms with Gasteiger partial charge in [0.1, 0.15) is 12.4 Å². The van der Waals surface area contributed by atoms with Gasteiger partial charge in [0.05, 0.1) is 17.0 Å². The molecule has 0 radical (unpaired) electrons. The van der Waals surface area contributed by atoms with Crippen molar-refractivity contribution in [2.24, 2.45) is 11.8 Å². The van der Waals surface area contributed by atoms with Gasteiger partial charge in [0.2, 0.25) is 10.0 Å². The Morgan fingerprint density at radius 3 is 2.61 bits per heavy atom. The van der Waals surface area contributed by atoms with E-state index in [4.69, 9.17) is 21.1 Å². The van der Waals surface area contributed by atoms with E-state index in [1.807, 2.05) is 37.3 Å². The minimum atomic E-state index is -3.81. The molecule has 41 heavy (non-hydrogen) atoms. The molecule has 1 fully saturated rings. The molecular weight excluding hydrogens is 560 g/mol. The van der Waals surface area contributed by atoms with E-state index in [0.717, 1.165) is 80.7 Å². The van der Waals surface area contributed by atoms with Crippen molar-refractivity contribution in [1.29, 1.82) is 0 Å². The van der Waals surface area contributed by atoms with Gasteiger partial charge in [-0.2, -0.15) is 0 Å². The van der Waals surface area contributed by atoms with Crippen LogP contribution in [0.4, 0.5) is 5.69 Å². The topological polar surface area (TPSA) is 84.9 Å². The molecule has 0 spiro atoms. The van der Waals surface area contributed by atoms with Gasteiger partial charge in [-0.3, -0.25) is 4.79 Å². The van der Waals surface area contributed by atoms with Gasteiger partial charge in [0, 0.05) is 30.8 Å². The Hall–Kier alpha value is -2.29. The van der Waals surface area contributed by atoms with E-state index in [1.54, 1.807) is 13.2 Å². The second-order valence-electron chi connectivity index (χ2n) is 11.9. The van der Waals surface area contributed by atoms with Crippen LogP contribution in [0.15, 0.2) is 36.4 Å². The quantitative estimate of drug-likeness (QED) is 0.421. The smallest absolute Gasteiger partial charge is 0.264 e. The average molecular weight is 603 g/mol. The Morgan fingerprint density at radius 1 is 1.02 bits per heavy atom. The Morgan fingerprint density at radius 2 is 1.85 bits per heavy atom. The summed E-state index contributed by atoms with van der Waals surface area (Å²) in [6.45, 7) is 3.92. The van der Waals surface area contributed by atoms with Gasteiger partial charge in [0.15, 0.2) is 0 Å². The number of nitrogens with zero attached hydrogens (tertiary/aromatic N) is 1. The van der Waals surface area contributed by atoms with E-state index in [0.29, 0.717) is 42.6 Å². The van der Waals surface area contributed by atoms with E-state index in [9.17, 15) is 13.2 Å². The third kappa shape index (κ3) is 7.03. The van der Waals surface area contributed by atoms with Crippen LogP contribution >= 0.6 is 11.6 Å². The number of methoxy groups -OCH3 is 1. The number of halogens is 1. The lowest BCUT2D eigenvalue weighted by molar-refractivity contribution is -0.0218. The van der Waals surface area contributed by atoms with Crippen molar-refractivity contribution < 1.29 is 22.7 Å². The molecule has 5 rings (SSSR count). The van der Waals surface area contributed by atoms with Crippen molar-refractivity contribution in [3.8, 4) is 5.75 Å². The maximum atomic E-state index is 13.3. The van der Waals surface area contributed by atoms with Crippen LogP contribution in [0, 0.1) is 11.8 Å². The molecule has 0 saturated heterocycles. The van der Waals surface area contributed by atoms with Crippen molar-refractivity contribution in [3.63, 3.8) is 0 Å². The van der Waals surface area contributed by atoms with Gasteiger partial charge >= 0.3 is 0 Å². The van der Waals surface area contributed by atoms with Crippen LogP contribution < -0.4 is 14.4 Å². The number of carbonyl (C=O) groups is 1. The van der Waals surface area contributed by atoms with Crippen LogP contribution in [0.1, 0.15) is 86.2 Å². The van der Waals surface area contributed by atoms with Crippen LogP contribution in [0.25, 0.3) is 0 Å². The number of anilines is 1. The molecule has 1 saturated carbocycles. The van der Waals surface area contributed by atoms with Crippen LogP contribution in [0.3, 0.4) is 0 Å². The zero-order valence-corrected chi connectivity index (χ0v) is 25.8. The van der Waals surface area contributed by atoms with Crippen molar-refractivity contribution >= 4 is 33.2 Å². The molecule has 2 heterocycles. The molecule has 3 aliphatic rings. The van der Waals surface area contributed by atoms with E-state index in [1.165, 1.54) is 5.56 Å². The summed E-state index contributed by atoms with van der Waals surface area (Å²) in [4.78, 5) is 15.7. The Kier molecular flexibility index (Phi) is 9.82. The number of benzene rings is 2. The number of amides is 1. The first-order chi connectivity index (χ1) is 19.8. The van der Waals surface area contributed by atoms with Crippen LogP contribution in [-0.2, 0) is 27.8 Å². The van der Waals surface area contributed by atoms with Crippen molar-refractivity contribution in [3.05, 3.63) is 58.1 Å². The fourth-order valence-corrected chi connectivity index (χ4v) is 8.40. The van der Waals surface area contributed by atoms with Crippen molar-refractivity contribution in [2.75, 3.05) is 25.1 Å². The third-order valence-electron chi connectivity index (χ3n) is 9.34. The highest BCUT2D eigenvalue weighted by Crippen LogP contribution is 2.42. The monoisotopic (exact) mass is 602 g/mol. The third-order valence-corrected chi connectivity index (χ3v) is 11.5. The summed E-state index contributed by atoms with van der Waals surface area (Å²) >= 11 is 6.32. The predicted molar refractivity (Wildman–Crippen MR) is 163 cm³/mol. The minimum absolute atomic E-state index is 0.170. The fourth-order valence-electron chi connectivity index (χ4n) is 6.75. The second-order valence-corrected chi connectivity index (χ2v) is 14.3. The molecule has 224 valence electrons. The molecule has 2 aliphatic heterocycles. The van der Waals surface area contributed by atoms with Gasteiger partial charge in [-0.1, -0.05) is 37.4 Å². The molecule has 2 bridgehead atoms. The summed E-state index contributed by atoms with van der Waals surface area (Å²) in [5.74, 6) is 1.06. The number of sulfonamides is 1. The van der Waals surface area contributed by atoms with E-state index < -0.39 is 21.2 Å². The normalized spacial score (nSPS) is 27.2. The van der Waals surface area contributed by atoms with Gasteiger partial charge in [-0.25, -0.2) is 13.1 Å². The van der Waals surface area contributed by atoms with Gasteiger partial charge in [0.25, 0.3) is 5.91 Å². The summed E-state index contributed by atoms with van der Waals surface area (Å²) in [6.07, 6.45) is 8.97. The first-order valence-electron chi connectivity index (χ1n) is 15.2. The Balaban J connectivity index is 1.53. The molecule has 4 atom stereocenters. The SMILES string of the molecule is CC[C@@H]1CCCC[C@H](OC)[C@@H]2CC[C@H]2CN2CCCCc3cc(Cl)ccc3COc3ccc(cc32)C(=O)NS1(=O)=O. The number of hydrogen-bond donors (Lipinski definition) is 1. The Bertz CT molecular complexity index is 1330. The highest BCUT2D eigenvalue weighted by molar-refractivity contribution is 7.90. The standard InChI is InChI=1S/C32H43ClN2O5S/c1-3-27-9-4-5-10-30(39-2)28-15-12-24(28)20-35-17-7-6-8-22-18-26(33)14-11-25(22)21-40-31-16-13-23(19-29(31)35)32(36)34-41(27,37)38/h11,13-14,16,18-19,24,27-28,30H,3-10,12,15,17,20-21H2,1-2H3,(H,34,36)/t24-,27+,28+,30-/m0/s1. The lowest BCUT2D eigenvalue weighted by atomic mass is 9.69. The van der Waals surface area contributed by atoms with Gasteiger partial charge < -0.3 is 14.4 Å². The van der Waals surface area contributed by atoms with Crippen molar-refractivity contribution in [1.82, 2.24) is 4.72 Å². The van der Waals surface area contributed by atoms with Crippen LogP contribution in [0.2, 0.25) is 5.02 Å². The zero-order chi connectivity index (χ0) is 29.0. The lowest BCUT2D eigenvalue weighted by Gasteiger charge is -2.44. The average Bonchev–Trinajstić information content (AvgIpc) is 2.96. The molecule has 7 nitrogen and oxygen atoms in total. The summed E-state index contributed by atoms with van der Waals surface area (Å²) in [7, 11) is -2.01. The summed E-state index contributed by atoms with van der Waals surface area (Å²) in [5, 5.41) is 0.120. The van der Waals surface area contributed by atoms with Crippen LogP contribution in [0.5, 0.6) is 5.75 Å². The second kappa shape index (κ2) is 13.3. The van der Waals surface area contributed by atoms with Gasteiger partial charge in [-0.05, 0) is 105 Å². The highest BCUT2D eigenvalue weighted by Gasteiger charge is 2.38. The number of hydrogen-bond acceptors (Lipinski definition) is 6. The Labute approximate surface area is 250 Å². The lowest BCUT2D eigenvalue weighted by Crippen LogP contribution is -2.44. The molecular formula is C32H43ClN2O5S. The number of aryl methyl sites for hydroxylation is 1. The largest absolute Gasteiger partial charge is 0.487 e. The zero-order valence-electron chi connectivity index (χ0n) is 24.2. The first-order valence-corrected chi connectivity index (χ1v) is 17.1. The highest BCUT2D eigenvalue weighted by atomic mass is 35.5. The van der Waals surface area contributed by atoms with Crippen LogP contribution in [-0.4, -0.2) is 45.9 Å². The minimum Gasteiger partial charge on any atom is -0.487 e. The molecule has 1 aliphatic carbocycles. The molecule has 0 unspecified atom stereocenters. The van der Waals surface area contributed by atoms with E-state index >= 15 is 0 Å². The molecule has 9 heteroatoms. The molecule has 2 aromatic carbocycles. The number of rotatable bonds is 2. The summed E-state index contributed by atoms with van der Waals surface area (Å²) in [5.41, 5.74) is 3.46. The number of fused-ring (bicyclic) bond motifs is 3. The maximum absolute atomic E-state index is 13.3. The molecule has 1 amide bonds. The predicted octanol–water partition coefficient (Wildman–Crippen LogP) is 6.52. The molecule has 2 aromatic rings. The fraction of sp³-hybridized carbons (Fsp3) is 0.594. The molecule has 0 aromatic heterocycles. The summed E-state index contributed by atoms with van der Waals surface area (Å²) in [6, 6.07) is 11.2. The summed E-state index contributed by atoms with van der Waals surface area (Å²) < 4.78 is 41.2. The van der Waals surface area contributed by atoms with Crippen molar-refractivity contribution in [2.45, 2.75) is 89.1 Å². The van der Waals surface area contributed by atoms with E-state index in [2.05, 4.69) is 9.62 Å².